The van der Waals surface area contributed by atoms with Crippen molar-refractivity contribution in [3.8, 4) is 11.6 Å². The summed E-state index contributed by atoms with van der Waals surface area (Å²) >= 11 is 3.38. The summed E-state index contributed by atoms with van der Waals surface area (Å²) in [5.74, 6) is 1.48. The van der Waals surface area contributed by atoms with Crippen LogP contribution < -0.4 is 15.8 Å². The van der Waals surface area contributed by atoms with Gasteiger partial charge in [0.05, 0.1) is 0 Å². The molecule has 116 valence electrons. The van der Waals surface area contributed by atoms with Crippen LogP contribution in [-0.4, -0.2) is 9.97 Å². The standard InChI is InChI=1S/C17H15BrN4O/c1-11-2-6-13(7-3-11)22-16-15(19)17(21-10-20-16)23-14-8-4-12(18)5-9-14/h2-10H,19H2,1H3,(H,20,21,22). The van der Waals surface area contributed by atoms with E-state index in [4.69, 9.17) is 10.5 Å². The first-order valence-electron chi connectivity index (χ1n) is 6.99. The zero-order chi connectivity index (χ0) is 16.2. The number of nitrogens with one attached hydrogen (secondary N) is 1. The first-order valence-corrected chi connectivity index (χ1v) is 7.79. The van der Waals surface area contributed by atoms with Crippen molar-refractivity contribution in [2.24, 2.45) is 0 Å². The van der Waals surface area contributed by atoms with Crippen molar-refractivity contribution in [1.29, 1.82) is 0 Å². The van der Waals surface area contributed by atoms with Crippen LogP contribution in [0, 0.1) is 6.92 Å². The van der Waals surface area contributed by atoms with Crippen molar-refractivity contribution < 1.29 is 4.74 Å². The molecule has 6 heteroatoms. The van der Waals surface area contributed by atoms with Crippen molar-refractivity contribution in [3.05, 3.63) is 64.9 Å². The summed E-state index contributed by atoms with van der Waals surface area (Å²) in [6, 6.07) is 15.4. The number of nitrogens with two attached hydrogens (primary N) is 1. The molecule has 1 heterocycles. The molecule has 5 nitrogen and oxygen atoms in total. The van der Waals surface area contributed by atoms with Gasteiger partial charge in [-0.25, -0.2) is 4.98 Å². The van der Waals surface area contributed by atoms with Crippen molar-refractivity contribution in [1.82, 2.24) is 9.97 Å². The number of nitrogen functional groups attached to an aromatic ring is 1. The molecule has 2 aromatic carbocycles. The Morgan fingerprint density at radius 3 is 2.39 bits per heavy atom. The van der Waals surface area contributed by atoms with Gasteiger partial charge in [0, 0.05) is 10.2 Å². The Balaban J connectivity index is 1.83. The molecule has 3 rings (SSSR count). The maximum Gasteiger partial charge on any atom is 0.248 e. The summed E-state index contributed by atoms with van der Waals surface area (Å²) in [7, 11) is 0. The van der Waals surface area contributed by atoms with Crippen molar-refractivity contribution in [2.45, 2.75) is 6.92 Å². The fraction of sp³-hybridized carbons (Fsp3) is 0.0588. The van der Waals surface area contributed by atoms with E-state index in [2.05, 4.69) is 31.2 Å². The highest BCUT2D eigenvalue weighted by molar-refractivity contribution is 9.10. The van der Waals surface area contributed by atoms with Gasteiger partial charge in [-0.2, -0.15) is 4.98 Å². The van der Waals surface area contributed by atoms with E-state index in [-0.39, 0.29) is 0 Å². The first-order chi connectivity index (χ1) is 11.1. The number of hydrogen-bond donors (Lipinski definition) is 2. The zero-order valence-electron chi connectivity index (χ0n) is 12.5. The topological polar surface area (TPSA) is 73.1 Å². The molecule has 0 fully saturated rings. The lowest BCUT2D eigenvalue weighted by atomic mass is 10.2. The normalized spacial score (nSPS) is 10.3. The van der Waals surface area contributed by atoms with Crippen LogP contribution in [0.15, 0.2) is 59.3 Å². The highest BCUT2D eigenvalue weighted by Gasteiger charge is 2.10. The largest absolute Gasteiger partial charge is 0.437 e. The predicted molar refractivity (Wildman–Crippen MR) is 95.1 cm³/mol. The molecule has 0 saturated heterocycles. The molecule has 0 spiro atoms. The molecule has 0 saturated carbocycles. The van der Waals surface area contributed by atoms with E-state index in [1.807, 2.05) is 55.5 Å². The molecule has 0 atom stereocenters. The Morgan fingerprint density at radius 1 is 1.00 bits per heavy atom. The molecule has 1 aromatic heterocycles. The number of anilines is 3. The van der Waals surface area contributed by atoms with Crippen LogP contribution in [0.2, 0.25) is 0 Å². The maximum absolute atomic E-state index is 6.12. The lowest BCUT2D eigenvalue weighted by Gasteiger charge is -2.12. The number of aromatic nitrogens is 2. The Morgan fingerprint density at radius 2 is 1.70 bits per heavy atom. The number of ether oxygens (including phenoxy) is 1. The second kappa shape index (κ2) is 6.66. The van der Waals surface area contributed by atoms with E-state index in [0.29, 0.717) is 23.1 Å². The number of nitrogens with zero attached hydrogens (tertiary/aromatic N) is 2. The second-order valence-electron chi connectivity index (χ2n) is 4.99. The molecule has 0 unspecified atom stereocenters. The lowest BCUT2D eigenvalue weighted by molar-refractivity contribution is 0.464. The molecule has 0 bridgehead atoms. The van der Waals surface area contributed by atoms with Crippen LogP contribution in [0.4, 0.5) is 17.2 Å². The molecular weight excluding hydrogens is 356 g/mol. The Kier molecular flexibility index (Phi) is 4.43. The minimum Gasteiger partial charge on any atom is -0.437 e. The summed E-state index contributed by atoms with van der Waals surface area (Å²) < 4.78 is 6.70. The van der Waals surface area contributed by atoms with Crippen LogP contribution in [0.5, 0.6) is 11.6 Å². The predicted octanol–water partition coefficient (Wildman–Crippen LogP) is 4.67. The van der Waals surface area contributed by atoms with E-state index >= 15 is 0 Å². The van der Waals surface area contributed by atoms with Gasteiger partial charge in [-0.1, -0.05) is 33.6 Å². The molecule has 23 heavy (non-hydrogen) atoms. The molecule has 0 aliphatic carbocycles. The Bertz CT molecular complexity index is 738. The second-order valence-corrected chi connectivity index (χ2v) is 5.90. The zero-order valence-corrected chi connectivity index (χ0v) is 14.0. The molecule has 0 aliphatic heterocycles. The molecule has 0 radical (unpaired) electrons. The summed E-state index contributed by atoms with van der Waals surface area (Å²) in [6.45, 7) is 2.03. The maximum atomic E-state index is 6.12. The molecule has 0 amide bonds. The Labute approximate surface area is 142 Å². The van der Waals surface area contributed by atoms with Crippen LogP contribution >= 0.6 is 15.9 Å². The van der Waals surface area contributed by atoms with Crippen LogP contribution in [0.25, 0.3) is 0 Å². The highest BCUT2D eigenvalue weighted by Crippen LogP contribution is 2.31. The van der Waals surface area contributed by atoms with Crippen molar-refractivity contribution in [2.75, 3.05) is 11.1 Å². The summed E-state index contributed by atoms with van der Waals surface area (Å²) in [5, 5.41) is 3.17. The quantitative estimate of drug-likeness (QED) is 0.698. The number of aryl methyl sites for hydroxylation is 1. The van der Waals surface area contributed by atoms with Gasteiger partial charge >= 0.3 is 0 Å². The third-order valence-electron chi connectivity index (χ3n) is 3.19. The SMILES string of the molecule is Cc1ccc(Nc2ncnc(Oc3ccc(Br)cc3)c2N)cc1. The fourth-order valence-corrected chi connectivity index (χ4v) is 2.21. The molecular formula is C17H15BrN4O. The monoisotopic (exact) mass is 370 g/mol. The van der Waals surface area contributed by atoms with E-state index < -0.39 is 0 Å². The van der Waals surface area contributed by atoms with E-state index in [9.17, 15) is 0 Å². The minimum atomic E-state index is 0.317. The number of hydrogen-bond acceptors (Lipinski definition) is 5. The summed E-state index contributed by atoms with van der Waals surface area (Å²) in [4.78, 5) is 8.28. The number of halogens is 1. The average Bonchev–Trinajstić information content (AvgIpc) is 2.55. The number of benzene rings is 2. The summed E-state index contributed by atoms with van der Waals surface area (Å²) in [6.07, 6.45) is 1.42. The average molecular weight is 371 g/mol. The third-order valence-corrected chi connectivity index (χ3v) is 3.72. The molecule has 3 N–H and O–H groups in total. The van der Waals surface area contributed by atoms with Gasteiger partial charge in [-0.15, -0.1) is 0 Å². The first kappa shape index (κ1) is 15.3. The van der Waals surface area contributed by atoms with Gasteiger partial charge in [0.15, 0.2) is 5.82 Å². The van der Waals surface area contributed by atoms with E-state index in [1.54, 1.807) is 0 Å². The molecule has 3 aromatic rings. The van der Waals surface area contributed by atoms with Gasteiger partial charge in [0.2, 0.25) is 5.88 Å². The van der Waals surface area contributed by atoms with Crippen molar-refractivity contribution in [3.63, 3.8) is 0 Å². The molecule has 0 aliphatic rings. The lowest BCUT2D eigenvalue weighted by Crippen LogP contribution is -2.03. The van der Waals surface area contributed by atoms with Crippen LogP contribution in [-0.2, 0) is 0 Å². The Hall–Kier alpha value is -2.60. The summed E-state index contributed by atoms with van der Waals surface area (Å²) in [5.41, 5.74) is 8.56. The van der Waals surface area contributed by atoms with Gasteiger partial charge < -0.3 is 15.8 Å². The smallest absolute Gasteiger partial charge is 0.248 e. The van der Waals surface area contributed by atoms with Crippen molar-refractivity contribution >= 4 is 33.1 Å². The minimum absolute atomic E-state index is 0.317. The van der Waals surface area contributed by atoms with Gasteiger partial charge in [0.25, 0.3) is 0 Å². The van der Waals surface area contributed by atoms with E-state index in [0.717, 1.165) is 10.2 Å². The highest BCUT2D eigenvalue weighted by atomic mass is 79.9. The van der Waals surface area contributed by atoms with Gasteiger partial charge in [-0.3, -0.25) is 0 Å². The van der Waals surface area contributed by atoms with Crippen LogP contribution in [0.1, 0.15) is 5.56 Å². The number of rotatable bonds is 4. The van der Waals surface area contributed by atoms with E-state index in [1.165, 1.54) is 11.9 Å². The van der Waals surface area contributed by atoms with Gasteiger partial charge in [0.1, 0.15) is 17.8 Å². The fourth-order valence-electron chi connectivity index (χ4n) is 1.95. The van der Waals surface area contributed by atoms with Crippen LogP contribution in [0.3, 0.4) is 0 Å². The third kappa shape index (κ3) is 3.78. The van der Waals surface area contributed by atoms with Gasteiger partial charge in [-0.05, 0) is 43.3 Å².